The number of hydrogen-bond acceptors (Lipinski definition) is 1. The van der Waals surface area contributed by atoms with Crippen LogP contribution in [0.15, 0.2) is 18.3 Å². The molecule has 1 aliphatic rings. The topological polar surface area (TPSA) is 12.9 Å². The number of nitrogens with zero attached hydrogens (tertiary/aromatic N) is 1. The van der Waals surface area contributed by atoms with Crippen LogP contribution in [0.25, 0.3) is 0 Å². The number of aromatic nitrogens is 1. The van der Waals surface area contributed by atoms with Crippen LogP contribution in [0.5, 0.6) is 0 Å². The summed E-state index contributed by atoms with van der Waals surface area (Å²) in [6, 6.07) is 3.21. The molecule has 2 rings (SSSR count). The van der Waals surface area contributed by atoms with E-state index in [1.54, 1.807) is 12.3 Å². The van der Waals surface area contributed by atoms with E-state index in [0.29, 0.717) is 11.6 Å². The van der Waals surface area contributed by atoms with Crippen LogP contribution in [0.2, 0.25) is 0 Å². The van der Waals surface area contributed by atoms with Crippen molar-refractivity contribution in [2.75, 3.05) is 0 Å². The molecule has 1 heterocycles. The molecule has 0 aromatic carbocycles. The highest BCUT2D eigenvalue weighted by Crippen LogP contribution is 2.47. The van der Waals surface area contributed by atoms with Crippen LogP contribution in [-0.4, -0.2) is 4.98 Å². The molecule has 0 unspecified atom stereocenters. The first-order chi connectivity index (χ1) is 7.64. The highest BCUT2D eigenvalue weighted by atomic mass is 19.1. The third kappa shape index (κ3) is 2.11. The molecule has 1 aromatic rings. The summed E-state index contributed by atoms with van der Waals surface area (Å²) >= 11 is 0. The summed E-state index contributed by atoms with van der Waals surface area (Å²) in [6.07, 6.45) is 7.39. The summed E-state index contributed by atoms with van der Waals surface area (Å²) in [6.45, 7) is 4.45. The second-order valence-corrected chi connectivity index (χ2v) is 5.40. The predicted octanol–water partition coefficient (Wildman–Crippen LogP) is 4.08. The summed E-state index contributed by atoms with van der Waals surface area (Å²) in [5, 5.41) is 0. The van der Waals surface area contributed by atoms with Crippen LogP contribution < -0.4 is 0 Å². The van der Waals surface area contributed by atoms with Crippen molar-refractivity contribution in [3.05, 3.63) is 29.8 Å². The Morgan fingerprint density at radius 2 is 2.19 bits per heavy atom. The first kappa shape index (κ1) is 11.6. The lowest BCUT2D eigenvalue weighted by Crippen LogP contribution is -2.36. The fraction of sp³-hybridized carbons (Fsp3) is 0.643. The van der Waals surface area contributed by atoms with Gasteiger partial charge in [0, 0.05) is 11.6 Å². The molecular formula is C14H20FN. The van der Waals surface area contributed by atoms with Crippen molar-refractivity contribution >= 4 is 0 Å². The standard InChI is InChI=1S/C14H20FN/c1-11(2)6-9-14(7-4-8-14)13-12(15)5-3-10-16-13/h3,5,10-11H,4,6-9H2,1-2H3. The van der Waals surface area contributed by atoms with E-state index < -0.39 is 0 Å². The van der Waals surface area contributed by atoms with Gasteiger partial charge in [0.2, 0.25) is 0 Å². The maximum atomic E-state index is 13.8. The van der Waals surface area contributed by atoms with Crippen molar-refractivity contribution in [2.24, 2.45) is 5.92 Å². The lowest BCUT2D eigenvalue weighted by atomic mass is 9.63. The molecule has 0 saturated heterocycles. The van der Waals surface area contributed by atoms with Gasteiger partial charge in [-0.1, -0.05) is 26.7 Å². The number of halogens is 1. The first-order valence-electron chi connectivity index (χ1n) is 6.25. The number of pyridine rings is 1. The third-order valence-corrected chi connectivity index (χ3v) is 3.77. The molecule has 0 aliphatic heterocycles. The minimum atomic E-state index is -0.119. The van der Waals surface area contributed by atoms with E-state index in [1.807, 2.05) is 0 Å². The largest absolute Gasteiger partial charge is 0.258 e. The van der Waals surface area contributed by atoms with Crippen LogP contribution in [0, 0.1) is 11.7 Å². The Hall–Kier alpha value is -0.920. The highest BCUT2D eigenvalue weighted by molar-refractivity contribution is 5.22. The average Bonchev–Trinajstić information content (AvgIpc) is 2.18. The Morgan fingerprint density at radius 1 is 1.44 bits per heavy atom. The molecule has 1 nitrogen and oxygen atoms in total. The lowest BCUT2D eigenvalue weighted by molar-refractivity contribution is 0.198. The van der Waals surface area contributed by atoms with Crippen LogP contribution in [0.1, 0.15) is 51.6 Å². The molecule has 1 saturated carbocycles. The average molecular weight is 221 g/mol. The van der Waals surface area contributed by atoms with Gasteiger partial charge < -0.3 is 0 Å². The van der Waals surface area contributed by atoms with Gasteiger partial charge in [0.25, 0.3) is 0 Å². The van der Waals surface area contributed by atoms with Crippen LogP contribution in [0.3, 0.4) is 0 Å². The molecule has 1 aliphatic carbocycles. The fourth-order valence-corrected chi connectivity index (χ4v) is 2.55. The van der Waals surface area contributed by atoms with Crippen molar-refractivity contribution in [1.29, 1.82) is 0 Å². The Bertz CT molecular complexity index is 356. The SMILES string of the molecule is CC(C)CCC1(c2ncccc2F)CCC1. The molecule has 88 valence electrons. The van der Waals surface area contributed by atoms with Gasteiger partial charge in [0.05, 0.1) is 5.69 Å². The number of hydrogen-bond donors (Lipinski definition) is 0. The van der Waals surface area contributed by atoms with E-state index >= 15 is 0 Å². The van der Waals surface area contributed by atoms with E-state index in [-0.39, 0.29) is 11.2 Å². The molecule has 0 radical (unpaired) electrons. The van der Waals surface area contributed by atoms with E-state index in [1.165, 1.54) is 12.5 Å². The Balaban J connectivity index is 2.18. The molecule has 0 atom stereocenters. The summed E-state index contributed by atoms with van der Waals surface area (Å²) < 4.78 is 13.8. The highest BCUT2D eigenvalue weighted by Gasteiger charge is 2.41. The third-order valence-electron chi connectivity index (χ3n) is 3.77. The number of rotatable bonds is 4. The van der Waals surface area contributed by atoms with E-state index in [9.17, 15) is 4.39 Å². The molecule has 1 fully saturated rings. The summed E-state index contributed by atoms with van der Waals surface area (Å²) in [5.41, 5.74) is 0.761. The van der Waals surface area contributed by atoms with Gasteiger partial charge in [-0.15, -0.1) is 0 Å². The van der Waals surface area contributed by atoms with E-state index in [0.717, 1.165) is 25.7 Å². The molecule has 0 spiro atoms. The second-order valence-electron chi connectivity index (χ2n) is 5.40. The Morgan fingerprint density at radius 3 is 2.69 bits per heavy atom. The summed E-state index contributed by atoms with van der Waals surface area (Å²) in [5.74, 6) is 0.565. The molecular weight excluding hydrogens is 201 g/mol. The van der Waals surface area contributed by atoms with Crippen LogP contribution in [-0.2, 0) is 5.41 Å². The van der Waals surface area contributed by atoms with Gasteiger partial charge in [-0.25, -0.2) is 4.39 Å². The van der Waals surface area contributed by atoms with Gasteiger partial charge >= 0.3 is 0 Å². The molecule has 0 N–H and O–H groups in total. The maximum Gasteiger partial charge on any atom is 0.145 e. The minimum absolute atomic E-state index is 0.0512. The smallest absolute Gasteiger partial charge is 0.145 e. The van der Waals surface area contributed by atoms with E-state index in [2.05, 4.69) is 18.8 Å². The second kappa shape index (κ2) is 4.52. The lowest BCUT2D eigenvalue weighted by Gasteiger charge is -2.42. The minimum Gasteiger partial charge on any atom is -0.258 e. The van der Waals surface area contributed by atoms with Crippen molar-refractivity contribution in [3.8, 4) is 0 Å². The van der Waals surface area contributed by atoms with Crippen LogP contribution >= 0.6 is 0 Å². The van der Waals surface area contributed by atoms with Crippen molar-refractivity contribution in [1.82, 2.24) is 4.98 Å². The normalized spacial score (nSPS) is 18.5. The molecule has 0 amide bonds. The molecule has 16 heavy (non-hydrogen) atoms. The Labute approximate surface area is 97.1 Å². The Kier molecular flexibility index (Phi) is 3.27. The zero-order valence-electron chi connectivity index (χ0n) is 10.2. The predicted molar refractivity (Wildman–Crippen MR) is 63.8 cm³/mol. The van der Waals surface area contributed by atoms with Crippen molar-refractivity contribution in [3.63, 3.8) is 0 Å². The molecule has 0 bridgehead atoms. The van der Waals surface area contributed by atoms with Gasteiger partial charge in [0.15, 0.2) is 0 Å². The van der Waals surface area contributed by atoms with Gasteiger partial charge in [-0.3, -0.25) is 4.98 Å². The van der Waals surface area contributed by atoms with Crippen molar-refractivity contribution < 1.29 is 4.39 Å². The molecule has 2 heteroatoms. The fourth-order valence-electron chi connectivity index (χ4n) is 2.55. The first-order valence-corrected chi connectivity index (χ1v) is 6.25. The monoisotopic (exact) mass is 221 g/mol. The summed E-state index contributed by atoms with van der Waals surface area (Å²) in [7, 11) is 0. The van der Waals surface area contributed by atoms with Crippen LogP contribution in [0.4, 0.5) is 4.39 Å². The molecule has 1 aromatic heterocycles. The maximum absolute atomic E-state index is 13.8. The van der Waals surface area contributed by atoms with Gasteiger partial charge in [0.1, 0.15) is 5.82 Å². The zero-order chi connectivity index (χ0) is 11.6. The summed E-state index contributed by atoms with van der Waals surface area (Å²) in [4.78, 5) is 4.28. The van der Waals surface area contributed by atoms with Crippen molar-refractivity contribution in [2.45, 2.75) is 51.4 Å². The van der Waals surface area contributed by atoms with Gasteiger partial charge in [-0.2, -0.15) is 0 Å². The van der Waals surface area contributed by atoms with E-state index in [4.69, 9.17) is 0 Å². The zero-order valence-corrected chi connectivity index (χ0v) is 10.2. The van der Waals surface area contributed by atoms with Gasteiger partial charge in [-0.05, 0) is 37.3 Å². The quantitative estimate of drug-likeness (QED) is 0.746.